The van der Waals surface area contributed by atoms with E-state index in [2.05, 4.69) is 46.4 Å². The van der Waals surface area contributed by atoms with Crippen molar-refractivity contribution in [2.45, 2.75) is 19.5 Å². The van der Waals surface area contributed by atoms with Gasteiger partial charge in [0.15, 0.2) is 0 Å². The van der Waals surface area contributed by atoms with Crippen LogP contribution < -0.4 is 5.73 Å². The van der Waals surface area contributed by atoms with Crippen LogP contribution in [0.1, 0.15) is 23.7 Å². The Morgan fingerprint density at radius 1 is 1.19 bits per heavy atom. The molecule has 0 radical (unpaired) electrons. The third-order valence-electron chi connectivity index (χ3n) is 3.69. The number of benzene rings is 1. The van der Waals surface area contributed by atoms with Crippen molar-refractivity contribution < 1.29 is 0 Å². The first-order valence-electron chi connectivity index (χ1n) is 6.90. The lowest BCUT2D eigenvalue weighted by Gasteiger charge is -2.23. The first kappa shape index (κ1) is 14.0. The van der Waals surface area contributed by atoms with E-state index in [0.717, 1.165) is 16.7 Å². The van der Waals surface area contributed by atoms with Crippen molar-refractivity contribution in [3.63, 3.8) is 0 Å². The maximum atomic E-state index is 6.04. The molecular weight excluding hydrogens is 280 g/mol. The van der Waals surface area contributed by atoms with E-state index in [1.807, 2.05) is 24.3 Å². The SMILES string of the molecule is CC(c1cccs1)N(C)Cc1nc(N)c2ccccc2n1. The molecule has 2 aromatic heterocycles. The number of hydrogen-bond donors (Lipinski definition) is 1. The second-order valence-corrected chi connectivity index (χ2v) is 6.13. The molecule has 3 rings (SSSR count). The Hall–Kier alpha value is -1.98. The van der Waals surface area contributed by atoms with Crippen molar-refractivity contribution in [2.24, 2.45) is 0 Å². The van der Waals surface area contributed by atoms with E-state index in [0.29, 0.717) is 18.4 Å². The molecule has 3 aromatic rings. The minimum atomic E-state index is 0.335. The molecule has 0 spiro atoms. The van der Waals surface area contributed by atoms with Crippen LogP contribution in [0.4, 0.5) is 5.82 Å². The first-order valence-corrected chi connectivity index (χ1v) is 7.78. The molecule has 1 atom stereocenters. The molecule has 0 fully saturated rings. The number of nitrogens with two attached hydrogens (primary N) is 1. The highest BCUT2D eigenvalue weighted by atomic mass is 32.1. The van der Waals surface area contributed by atoms with Gasteiger partial charge in [0, 0.05) is 16.3 Å². The highest BCUT2D eigenvalue weighted by Gasteiger charge is 2.15. The summed E-state index contributed by atoms with van der Waals surface area (Å²) in [6.45, 7) is 2.87. The normalized spacial score (nSPS) is 12.9. The van der Waals surface area contributed by atoms with Crippen LogP contribution in [0.5, 0.6) is 0 Å². The predicted octanol–water partition coefficient (Wildman–Crippen LogP) is 3.47. The lowest BCUT2D eigenvalue weighted by molar-refractivity contribution is 0.250. The van der Waals surface area contributed by atoms with Crippen LogP contribution in [-0.4, -0.2) is 21.9 Å². The average molecular weight is 298 g/mol. The lowest BCUT2D eigenvalue weighted by Crippen LogP contribution is -2.22. The van der Waals surface area contributed by atoms with E-state index in [1.54, 1.807) is 11.3 Å². The summed E-state index contributed by atoms with van der Waals surface area (Å²) in [4.78, 5) is 12.6. The molecule has 21 heavy (non-hydrogen) atoms. The van der Waals surface area contributed by atoms with Crippen LogP contribution in [0, 0.1) is 0 Å². The quantitative estimate of drug-likeness (QED) is 0.801. The zero-order chi connectivity index (χ0) is 14.8. The summed E-state index contributed by atoms with van der Waals surface area (Å²) < 4.78 is 0. The zero-order valence-electron chi connectivity index (χ0n) is 12.2. The Morgan fingerprint density at radius 3 is 2.76 bits per heavy atom. The summed E-state index contributed by atoms with van der Waals surface area (Å²) in [7, 11) is 2.08. The lowest BCUT2D eigenvalue weighted by atomic mass is 10.2. The molecule has 0 aliphatic carbocycles. The van der Waals surface area contributed by atoms with Gasteiger partial charge in [0.05, 0.1) is 12.1 Å². The molecule has 1 aromatic carbocycles. The molecule has 0 saturated carbocycles. The van der Waals surface area contributed by atoms with E-state index in [1.165, 1.54) is 4.88 Å². The van der Waals surface area contributed by atoms with Gasteiger partial charge in [-0.05, 0) is 37.6 Å². The minimum Gasteiger partial charge on any atom is -0.383 e. The highest BCUT2D eigenvalue weighted by molar-refractivity contribution is 7.10. The Morgan fingerprint density at radius 2 is 2.00 bits per heavy atom. The molecule has 2 N–H and O–H groups in total. The van der Waals surface area contributed by atoms with Gasteiger partial charge in [0.25, 0.3) is 0 Å². The van der Waals surface area contributed by atoms with Crippen molar-refractivity contribution in [1.29, 1.82) is 0 Å². The van der Waals surface area contributed by atoms with Gasteiger partial charge in [-0.1, -0.05) is 18.2 Å². The summed E-state index contributed by atoms with van der Waals surface area (Å²) in [5.41, 5.74) is 6.94. The number of aromatic nitrogens is 2. The fourth-order valence-electron chi connectivity index (χ4n) is 2.33. The topological polar surface area (TPSA) is 55.0 Å². The number of rotatable bonds is 4. The second-order valence-electron chi connectivity index (χ2n) is 5.15. The van der Waals surface area contributed by atoms with Gasteiger partial charge in [-0.2, -0.15) is 0 Å². The summed E-state index contributed by atoms with van der Waals surface area (Å²) in [5, 5.41) is 3.01. The molecule has 5 heteroatoms. The number of nitrogen functional groups attached to an aromatic ring is 1. The van der Waals surface area contributed by atoms with E-state index in [4.69, 9.17) is 5.73 Å². The fourth-order valence-corrected chi connectivity index (χ4v) is 3.18. The van der Waals surface area contributed by atoms with Crippen LogP contribution in [0.25, 0.3) is 10.9 Å². The maximum absolute atomic E-state index is 6.04. The Balaban J connectivity index is 1.84. The van der Waals surface area contributed by atoms with Crippen molar-refractivity contribution in [1.82, 2.24) is 14.9 Å². The van der Waals surface area contributed by atoms with Crippen molar-refractivity contribution >= 4 is 28.1 Å². The van der Waals surface area contributed by atoms with Crippen LogP contribution in [0.3, 0.4) is 0 Å². The van der Waals surface area contributed by atoms with Gasteiger partial charge in [-0.15, -0.1) is 11.3 Å². The molecule has 0 bridgehead atoms. The average Bonchev–Trinajstić information content (AvgIpc) is 3.00. The largest absolute Gasteiger partial charge is 0.383 e. The summed E-state index contributed by atoms with van der Waals surface area (Å²) in [6.07, 6.45) is 0. The Kier molecular flexibility index (Phi) is 3.86. The molecule has 1 unspecified atom stereocenters. The van der Waals surface area contributed by atoms with Gasteiger partial charge in [0.1, 0.15) is 11.6 Å². The molecule has 0 amide bonds. The van der Waals surface area contributed by atoms with E-state index in [-0.39, 0.29) is 0 Å². The third-order valence-corrected chi connectivity index (χ3v) is 4.73. The molecule has 4 nitrogen and oxygen atoms in total. The maximum Gasteiger partial charge on any atom is 0.145 e. The predicted molar refractivity (Wildman–Crippen MR) is 88.2 cm³/mol. The van der Waals surface area contributed by atoms with Crippen LogP contribution >= 0.6 is 11.3 Å². The number of anilines is 1. The van der Waals surface area contributed by atoms with Gasteiger partial charge in [0.2, 0.25) is 0 Å². The van der Waals surface area contributed by atoms with Crippen molar-refractivity contribution in [3.8, 4) is 0 Å². The fraction of sp³-hybridized carbons (Fsp3) is 0.250. The van der Waals surface area contributed by atoms with Gasteiger partial charge in [-0.25, -0.2) is 9.97 Å². The van der Waals surface area contributed by atoms with Crippen molar-refractivity contribution in [3.05, 3.63) is 52.5 Å². The summed E-state index contributed by atoms with van der Waals surface area (Å²) >= 11 is 1.77. The molecule has 0 aliphatic rings. The number of nitrogens with zero attached hydrogens (tertiary/aromatic N) is 3. The van der Waals surface area contributed by atoms with E-state index < -0.39 is 0 Å². The van der Waals surface area contributed by atoms with E-state index >= 15 is 0 Å². The zero-order valence-corrected chi connectivity index (χ0v) is 13.0. The standard InChI is InChI=1S/C16H18N4S/c1-11(14-8-5-9-21-14)20(2)10-15-18-13-7-4-3-6-12(13)16(17)19-15/h3-9,11H,10H2,1-2H3,(H2,17,18,19). The highest BCUT2D eigenvalue weighted by Crippen LogP contribution is 2.25. The number of hydrogen-bond acceptors (Lipinski definition) is 5. The van der Waals surface area contributed by atoms with Crippen molar-refractivity contribution in [2.75, 3.05) is 12.8 Å². The minimum absolute atomic E-state index is 0.335. The summed E-state index contributed by atoms with van der Waals surface area (Å²) in [5.74, 6) is 1.31. The molecule has 0 aliphatic heterocycles. The van der Waals surface area contributed by atoms with Gasteiger partial charge >= 0.3 is 0 Å². The van der Waals surface area contributed by atoms with Crippen LogP contribution in [0.2, 0.25) is 0 Å². The third kappa shape index (κ3) is 2.89. The molecule has 0 saturated heterocycles. The number of fused-ring (bicyclic) bond motifs is 1. The molecular formula is C16H18N4S. The molecule has 2 heterocycles. The monoisotopic (exact) mass is 298 g/mol. The Bertz CT molecular complexity index is 739. The van der Waals surface area contributed by atoms with Crippen LogP contribution in [-0.2, 0) is 6.54 Å². The van der Waals surface area contributed by atoms with Crippen LogP contribution in [0.15, 0.2) is 41.8 Å². The molecule has 108 valence electrons. The number of para-hydroxylation sites is 1. The van der Waals surface area contributed by atoms with E-state index in [9.17, 15) is 0 Å². The summed E-state index contributed by atoms with van der Waals surface area (Å²) in [6, 6.07) is 12.4. The van der Waals surface area contributed by atoms with Gasteiger partial charge in [-0.3, -0.25) is 4.90 Å². The first-order chi connectivity index (χ1) is 10.1. The smallest absolute Gasteiger partial charge is 0.145 e. The number of thiophene rings is 1. The van der Waals surface area contributed by atoms with Gasteiger partial charge < -0.3 is 5.73 Å². The Labute approximate surface area is 128 Å². The second kappa shape index (κ2) is 5.79.